The summed E-state index contributed by atoms with van der Waals surface area (Å²) >= 11 is 0. The van der Waals surface area contributed by atoms with Crippen molar-refractivity contribution in [3.05, 3.63) is 48.6 Å². The largest absolute Gasteiger partial charge is 0.299 e. The molecule has 1 heteroatoms. The van der Waals surface area contributed by atoms with E-state index >= 15 is 0 Å². The molecule has 1 aromatic rings. The Labute approximate surface area is 112 Å². The van der Waals surface area contributed by atoms with Gasteiger partial charge < -0.3 is 0 Å². The molecule has 0 saturated carbocycles. The molecule has 0 radical (unpaired) electrons. The van der Waals surface area contributed by atoms with Crippen LogP contribution in [0.15, 0.2) is 43.0 Å². The molecule has 2 atom stereocenters. The quantitative estimate of drug-likeness (QED) is 0.704. The second kappa shape index (κ2) is 6.19. The van der Waals surface area contributed by atoms with E-state index < -0.39 is 0 Å². The molecule has 1 aromatic carbocycles. The van der Waals surface area contributed by atoms with Crippen LogP contribution in [-0.4, -0.2) is 24.0 Å². The number of rotatable bonds is 5. The average Bonchev–Trinajstić information content (AvgIpc) is 2.89. The van der Waals surface area contributed by atoms with E-state index in [0.717, 1.165) is 0 Å². The average molecular weight is 243 g/mol. The van der Waals surface area contributed by atoms with E-state index in [4.69, 9.17) is 0 Å². The van der Waals surface area contributed by atoms with Crippen molar-refractivity contribution < 1.29 is 0 Å². The molecule has 18 heavy (non-hydrogen) atoms. The molecule has 0 spiro atoms. The van der Waals surface area contributed by atoms with E-state index in [1.54, 1.807) is 0 Å². The molecule has 0 aliphatic carbocycles. The molecule has 1 nitrogen and oxygen atoms in total. The minimum Gasteiger partial charge on any atom is -0.299 e. The molecule has 0 bridgehead atoms. The summed E-state index contributed by atoms with van der Waals surface area (Å²) in [6.07, 6.45) is 4.84. The second-order valence-corrected chi connectivity index (χ2v) is 5.65. The first-order chi connectivity index (χ1) is 8.74. The first kappa shape index (κ1) is 13.4. The number of hydrogen-bond donors (Lipinski definition) is 0. The molecule has 0 aromatic heterocycles. The molecule has 1 aliphatic rings. The van der Waals surface area contributed by atoms with Crippen molar-refractivity contribution in [3.63, 3.8) is 0 Å². The molecule has 0 unspecified atom stereocenters. The van der Waals surface area contributed by atoms with E-state index in [1.807, 2.05) is 0 Å². The van der Waals surface area contributed by atoms with Gasteiger partial charge in [-0.3, -0.25) is 4.90 Å². The summed E-state index contributed by atoms with van der Waals surface area (Å²) in [6.45, 7) is 11.3. The van der Waals surface area contributed by atoms with Gasteiger partial charge in [0.1, 0.15) is 0 Å². The fraction of sp³-hybridized carbons (Fsp3) is 0.529. The molecular formula is C17H25N. The molecule has 2 rings (SSSR count). The Morgan fingerprint density at radius 3 is 2.22 bits per heavy atom. The molecule has 0 amide bonds. The third-order valence-corrected chi connectivity index (χ3v) is 4.05. The van der Waals surface area contributed by atoms with Crippen LogP contribution >= 0.6 is 0 Å². The van der Waals surface area contributed by atoms with Crippen LogP contribution in [0, 0.1) is 5.92 Å². The monoisotopic (exact) mass is 243 g/mol. The van der Waals surface area contributed by atoms with Gasteiger partial charge in [0.05, 0.1) is 0 Å². The van der Waals surface area contributed by atoms with E-state index in [-0.39, 0.29) is 0 Å². The summed E-state index contributed by atoms with van der Waals surface area (Å²) in [5.41, 5.74) is 1.40. The highest BCUT2D eigenvalue weighted by molar-refractivity contribution is 5.25. The van der Waals surface area contributed by atoms with Crippen LogP contribution in [0.2, 0.25) is 0 Å². The third-order valence-electron chi connectivity index (χ3n) is 4.05. The minimum absolute atomic E-state index is 0.448. The Morgan fingerprint density at radius 1 is 1.11 bits per heavy atom. The highest BCUT2D eigenvalue weighted by Gasteiger charge is 2.30. The van der Waals surface area contributed by atoms with Crippen molar-refractivity contribution in [2.24, 2.45) is 5.92 Å². The lowest BCUT2D eigenvalue weighted by atomic mass is 9.84. The van der Waals surface area contributed by atoms with Crippen LogP contribution in [0.3, 0.4) is 0 Å². The van der Waals surface area contributed by atoms with Gasteiger partial charge in [0, 0.05) is 12.0 Å². The zero-order valence-electron chi connectivity index (χ0n) is 11.7. The van der Waals surface area contributed by atoms with Crippen LogP contribution in [0.25, 0.3) is 0 Å². The summed E-state index contributed by atoms with van der Waals surface area (Å²) in [5.74, 6) is 1.11. The number of benzene rings is 1. The van der Waals surface area contributed by atoms with E-state index in [2.05, 4.69) is 61.7 Å². The summed E-state index contributed by atoms with van der Waals surface area (Å²) in [7, 11) is 0. The maximum absolute atomic E-state index is 4.09. The smallest absolute Gasteiger partial charge is 0.0222 e. The number of nitrogens with zero attached hydrogens (tertiary/aromatic N) is 1. The van der Waals surface area contributed by atoms with Crippen molar-refractivity contribution >= 4 is 0 Å². The predicted molar refractivity (Wildman–Crippen MR) is 78.8 cm³/mol. The summed E-state index contributed by atoms with van der Waals surface area (Å²) in [4.78, 5) is 2.66. The number of hydrogen-bond acceptors (Lipinski definition) is 1. The maximum atomic E-state index is 4.09. The van der Waals surface area contributed by atoms with Crippen LogP contribution in [-0.2, 0) is 0 Å². The van der Waals surface area contributed by atoms with Gasteiger partial charge in [0.15, 0.2) is 0 Å². The first-order valence-electron chi connectivity index (χ1n) is 7.15. The van der Waals surface area contributed by atoms with Gasteiger partial charge in [-0.25, -0.2) is 0 Å². The lowest BCUT2D eigenvalue weighted by molar-refractivity contribution is 0.175. The van der Waals surface area contributed by atoms with Crippen LogP contribution < -0.4 is 0 Å². The van der Waals surface area contributed by atoms with Crippen molar-refractivity contribution in [2.75, 3.05) is 13.1 Å². The fourth-order valence-corrected chi connectivity index (χ4v) is 3.25. The molecule has 1 aliphatic heterocycles. The molecular weight excluding hydrogens is 218 g/mol. The third kappa shape index (κ3) is 2.84. The maximum Gasteiger partial charge on any atom is 0.0222 e. The van der Waals surface area contributed by atoms with Gasteiger partial charge in [-0.2, -0.15) is 0 Å². The number of likely N-dealkylation sites (tertiary alicyclic amines) is 1. The highest BCUT2D eigenvalue weighted by atomic mass is 15.2. The van der Waals surface area contributed by atoms with E-state index in [0.29, 0.717) is 17.9 Å². The summed E-state index contributed by atoms with van der Waals surface area (Å²) in [6, 6.07) is 11.4. The van der Waals surface area contributed by atoms with Crippen LogP contribution in [0.5, 0.6) is 0 Å². The van der Waals surface area contributed by atoms with Crippen molar-refractivity contribution in [1.29, 1.82) is 0 Å². The van der Waals surface area contributed by atoms with Crippen molar-refractivity contribution in [3.8, 4) is 0 Å². The molecule has 1 saturated heterocycles. The van der Waals surface area contributed by atoms with E-state index in [1.165, 1.54) is 31.5 Å². The van der Waals surface area contributed by atoms with Gasteiger partial charge in [-0.05, 0) is 37.4 Å². The Kier molecular flexibility index (Phi) is 4.60. The normalized spacial score (nSPS) is 19.9. The predicted octanol–water partition coefficient (Wildman–Crippen LogP) is 4.08. The lowest BCUT2D eigenvalue weighted by Crippen LogP contribution is -2.40. The fourth-order valence-electron chi connectivity index (χ4n) is 3.25. The van der Waals surface area contributed by atoms with Gasteiger partial charge >= 0.3 is 0 Å². The Balaban J connectivity index is 2.24. The van der Waals surface area contributed by atoms with Gasteiger partial charge in [0.25, 0.3) is 0 Å². The van der Waals surface area contributed by atoms with Crippen LogP contribution in [0.4, 0.5) is 0 Å². The minimum atomic E-state index is 0.448. The Morgan fingerprint density at radius 2 is 1.72 bits per heavy atom. The Hall–Kier alpha value is -1.08. The van der Waals surface area contributed by atoms with Gasteiger partial charge in [-0.1, -0.05) is 50.3 Å². The standard InChI is InChI=1S/C17H25N/c1-4-16(15-10-6-5-7-11-15)17(14(2)3)18-12-8-9-13-18/h4-7,10-11,14,16-17H,1,8-9,12-13H2,2-3H3/t16-,17+/m1/s1. The molecule has 1 heterocycles. The second-order valence-electron chi connectivity index (χ2n) is 5.65. The molecule has 1 fully saturated rings. The van der Waals surface area contributed by atoms with Gasteiger partial charge in [-0.15, -0.1) is 6.58 Å². The zero-order chi connectivity index (χ0) is 13.0. The SMILES string of the molecule is C=C[C@H](c1ccccc1)[C@H](C(C)C)N1CCCC1. The zero-order valence-corrected chi connectivity index (χ0v) is 11.7. The van der Waals surface area contributed by atoms with Crippen molar-refractivity contribution in [2.45, 2.75) is 38.6 Å². The lowest BCUT2D eigenvalue weighted by Gasteiger charge is -2.36. The first-order valence-corrected chi connectivity index (χ1v) is 7.15. The van der Waals surface area contributed by atoms with Crippen molar-refractivity contribution in [1.82, 2.24) is 4.90 Å². The van der Waals surface area contributed by atoms with Crippen LogP contribution in [0.1, 0.15) is 38.2 Å². The topological polar surface area (TPSA) is 3.24 Å². The van der Waals surface area contributed by atoms with E-state index in [9.17, 15) is 0 Å². The summed E-state index contributed by atoms with van der Waals surface area (Å²) in [5, 5.41) is 0. The van der Waals surface area contributed by atoms with Gasteiger partial charge in [0.2, 0.25) is 0 Å². The highest BCUT2D eigenvalue weighted by Crippen LogP contribution is 2.31. The molecule has 98 valence electrons. The molecule has 0 N–H and O–H groups in total. The Bertz CT molecular complexity index is 362. The summed E-state index contributed by atoms with van der Waals surface area (Å²) < 4.78 is 0.